The molecule has 8 nitrogen and oxygen atoms in total. The summed E-state index contributed by atoms with van der Waals surface area (Å²) in [7, 11) is -6.40. The molecule has 4 aromatic carbocycles. The van der Waals surface area contributed by atoms with Gasteiger partial charge < -0.3 is 5.32 Å². The number of nitrogens with zero attached hydrogens (tertiary/aromatic N) is 2. The smallest absolute Gasteiger partial charge is 0.264 e. The number of carbonyl (C=O) groups is 1. The molecule has 0 atom stereocenters. The second-order valence-corrected chi connectivity index (χ2v) is 13.3. The minimum Gasteiger partial charge on any atom is -0.325 e. The molecule has 5 rings (SSSR count). The van der Waals surface area contributed by atoms with Gasteiger partial charge in [0.2, 0.25) is 15.9 Å². The van der Waals surface area contributed by atoms with Gasteiger partial charge in [-0.25, -0.2) is 16.8 Å². The number of benzene rings is 4. The molecule has 0 saturated carbocycles. The highest BCUT2D eigenvalue weighted by atomic mass is 35.5. The average molecular weight is 570 g/mol. The topological polar surface area (TPSA) is 104 Å². The zero-order valence-corrected chi connectivity index (χ0v) is 22.7. The molecule has 38 heavy (non-hydrogen) atoms. The van der Waals surface area contributed by atoms with Crippen LogP contribution in [0.15, 0.2) is 94.7 Å². The molecule has 0 fully saturated rings. The highest BCUT2D eigenvalue weighted by Crippen LogP contribution is 2.35. The molecular formula is C27H24ClN3O5S2. The van der Waals surface area contributed by atoms with E-state index in [0.717, 1.165) is 20.6 Å². The number of nitrogens with one attached hydrogen (secondary N) is 1. The minimum atomic E-state index is -3.91. The van der Waals surface area contributed by atoms with Gasteiger partial charge in [-0.3, -0.25) is 9.10 Å². The van der Waals surface area contributed by atoms with Crippen molar-refractivity contribution in [3.63, 3.8) is 0 Å². The zero-order valence-electron chi connectivity index (χ0n) is 20.3. The van der Waals surface area contributed by atoms with Crippen LogP contribution in [0.5, 0.6) is 0 Å². The van der Waals surface area contributed by atoms with E-state index >= 15 is 0 Å². The van der Waals surface area contributed by atoms with Gasteiger partial charge in [0.15, 0.2) is 0 Å². The van der Waals surface area contributed by atoms with Crippen LogP contribution in [0, 0.1) is 0 Å². The molecule has 1 aliphatic heterocycles. The zero-order chi connectivity index (χ0) is 27.1. The van der Waals surface area contributed by atoms with Crippen molar-refractivity contribution in [2.45, 2.75) is 16.2 Å². The Morgan fingerprint density at radius 1 is 0.895 bits per heavy atom. The summed E-state index contributed by atoms with van der Waals surface area (Å²) >= 11 is 5.90. The third-order valence-electron chi connectivity index (χ3n) is 6.42. The van der Waals surface area contributed by atoms with Crippen LogP contribution in [-0.4, -0.2) is 47.2 Å². The first-order valence-corrected chi connectivity index (χ1v) is 15.0. The molecule has 1 heterocycles. The second-order valence-electron chi connectivity index (χ2n) is 8.94. The lowest BCUT2D eigenvalue weighted by molar-refractivity contribution is -0.116. The number of fused-ring (bicyclic) bond motifs is 2. The Hall–Kier alpha value is -3.44. The monoisotopic (exact) mass is 569 g/mol. The van der Waals surface area contributed by atoms with Gasteiger partial charge in [0.25, 0.3) is 10.0 Å². The third-order valence-corrected chi connectivity index (χ3v) is 10.3. The molecule has 0 unspecified atom stereocenters. The number of halogens is 1. The Morgan fingerprint density at radius 3 is 2.32 bits per heavy atom. The maximum atomic E-state index is 13.2. The van der Waals surface area contributed by atoms with Crippen LogP contribution >= 0.6 is 11.6 Å². The van der Waals surface area contributed by atoms with Crippen molar-refractivity contribution in [3.05, 3.63) is 95.5 Å². The highest BCUT2D eigenvalue weighted by molar-refractivity contribution is 7.92. The SMILES string of the molecule is CN(CC(=O)Nc1ccc2c(c1)N(S(=O)(=O)c1ccc(Cl)cc1)CC2)S(=O)(=O)c1ccc2ccccc2c1. The highest BCUT2D eigenvalue weighted by Gasteiger charge is 2.31. The van der Waals surface area contributed by atoms with Gasteiger partial charge in [-0.2, -0.15) is 4.31 Å². The number of amides is 1. The summed E-state index contributed by atoms with van der Waals surface area (Å²) in [5.74, 6) is -0.554. The Bertz CT molecular complexity index is 1760. The lowest BCUT2D eigenvalue weighted by Gasteiger charge is -2.21. The summed E-state index contributed by atoms with van der Waals surface area (Å²) in [5.41, 5.74) is 1.66. The van der Waals surface area contributed by atoms with Crippen LogP contribution in [0.3, 0.4) is 0 Å². The largest absolute Gasteiger partial charge is 0.325 e. The maximum Gasteiger partial charge on any atom is 0.264 e. The van der Waals surface area contributed by atoms with Gasteiger partial charge in [-0.05, 0) is 71.3 Å². The van der Waals surface area contributed by atoms with E-state index in [1.54, 1.807) is 30.3 Å². The number of hydrogen-bond acceptors (Lipinski definition) is 5. The van der Waals surface area contributed by atoms with Crippen molar-refractivity contribution in [3.8, 4) is 0 Å². The van der Waals surface area contributed by atoms with Gasteiger partial charge in [0, 0.05) is 24.3 Å². The van der Waals surface area contributed by atoms with Crippen molar-refractivity contribution in [2.24, 2.45) is 0 Å². The normalized spacial score (nSPS) is 13.6. The maximum absolute atomic E-state index is 13.2. The number of sulfonamides is 2. The Balaban J connectivity index is 1.32. The predicted molar refractivity (Wildman–Crippen MR) is 149 cm³/mol. The van der Waals surface area contributed by atoms with E-state index in [1.807, 2.05) is 24.3 Å². The van der Waals surface area contributed by atoms with Gasteiger partial charge in [0.05, 0.1) is 22.0 Å². The summed E-state index contributed by atoms with van der Waals surface area (Å²) in [4.78, 5) is 13.0. The van der Waals surface area contributed by atoms with Crippen LogP contribution in [-0.2, 0) is 31.3 Å². The Kier molecular flexibility index (Phi) is 6.91. The van der Waals surface area contributed by atoms with E-state index in [9.17, 15) is 21.6 Å². The molecule has 0 aromatic heterocycles. The van der Waals surface area contributed by atoms with Crippen molar-refractivity contribution < 1.29 is 21.6 Å². The van der Waals surface area contributed by atoms with Crippen molar-refractivity contribution in [1.29, 1.82) is 0 Å². The third kappa shape index (κ3) is 5.00. The molecule has 0 radical (unpaired) electrons. The number of carbonyl (C=O) groups excluding carboxylic acids is 1. The van der Waals surface area contributed by atoms with E-state index in [4.69, 9.17) is 11.6 Å². The molecular weight excluding hydrogens is 546 g/mol. The standard InChI is InChI=1S/C27H24ClN3O5S2/c1-30(37(33,34)25-11-7-19-4-2-3-5-21(19)16-25)18-27(32)29-23-10-6-20-14-15-31(26(20)17-23)38(35,36)24-12-8-22(28)9-13-24/h2-13,16-17H,14-15,18H2,1H3,(H,29,32). The van der Waals surface area contributed by atoms with Crippen molar-refractivity contribution >= 4 is 59.7 Å². The molecule has 1 amide bonds. The Morgan fingerprint density at radius 2 is 1.58 bits per heavy atom. The lowest BCUT2D eigenvalue weighted by atomic mass is 10.1. The average Bonchev–Trinajstić information content (AvgIpc) is 3.32. The molecule has 1 aliphatic rings. The van der Waals surface area contributed by atoms with Crippen LogP contribution in [0.4, 0.5) is 11.4 Å². The number of likely N-dealkylation sites (N-methyl/N-ethyl adjacent to an activating group) is 1. The molecule has 196 valence electrons. The number of anilines is 2. The van der Waals surface area contributed by atoms with E-state index in [-0.39, 0.29) is 16.3 Å². The van der Waals surface area contributed by atoms with Gasteiger partial charge in [-0.1, -0.05) is 48.0 Å². The van der Waals surface area contributed by atoms with Crippen molar-refractivity contribution in [1.82, 2.24) is 4.31 Å². The lowest BCUT2D eigenvalue weighted by Crippen LogP contribution is -2.35. The van der Waals surface area contributed by atoms with E-state index in [0.29, 0.717) is 22.8 Å². The fourth-order valence-electron chi connectivity index (χ4n) is 4.41. The minimum absolute atomic E-state index is 0.0899. The Labute approximate surface area is 226 Å². The summed E-state index contributed by atoms with van der Waals surface area (Å²) < 4.78 is 54.9. The molecule has 0 bridgehead atoms. The van der Waals surface area contributed by atoms with Crippen molar-refractivity contribution in [2.75, 3.05) is 29.8 Å². The number of hydrogen-bond donors (Lipinski definition) is 1. The van der Waals surface area contributed by atoms with E-state index in [2.05, 4.69) is 5.32 Å². The molecule has 0 aliphatic carbocycles. The first-order chi connectivity index (χ1) is 18.1. The van der Waals surface area contributed by atoms with E-state index < -0.39 is 32.5 Å². The molecule has 11 heteroatoms. The first-order valence-electron chi connectivity index (χ1n) is 11.7. The first kappa shape index (κ1) is 26.2. The number of rotatable bonds is 7. The summed E-state index contributed by atoms with van der Waals surface area (Å²) in [6.07, 6.45) is 0.531. The predicted octanol–water partition coefficient (Wildman–Crippen LogP) is 4.50. The fraction of sp³-hybridized carbons (Fsp3) is 0.148. The van der Waals surface area contributed by atoms with Gasteiger partial charge in [0.1, 0.15) is 0 Å². The van der Waals surface area contributed by atoms with Crippen LogP contribution in [0.25, 0.3) is 10.8 Å². The van der Waals surface area contributed by atoms with Gasteiger partial charge in [-0.15, -0.1) is 0 Å². The molecule has 0 saturated heterocycles. The summed E-state index contributed by atoms with van der Waals surface area (Å²) in [6, 6.07) is 23.2. The molecule has 4 aromatic rings. The fourth-order valence-corrected chi connectivity index (χ4v) is 7.19. The van der Waals surface area contributed by atoms with Gasteiger partial charge >= 0.3 is 0 Å². The quantitative estimate of drug-likeness (QED) is 0.353. The summed E-state index contributed by atoms with van der Waals surface area (Å²) in [5, 5.41) is 4.82. The molecule has 0 spiro atoms. The van der Waals surface area contributed by atoms with Crippen LogP contribution in [0.1, 0.15) is 5.56 Å². The van der Waals surface area contributed by atoms with E-state index in [1.165, 1.54) is 41.7 Å². The van der Waals surface area contributed by atoms with Crippen LogP contribution < -0.4 is 9.62 Å². The summed E-state index contributed by atoms with van der Waals surface area (Å²) in [6.45, 7) is -0.149. The molecule has 1 N–H and O–H groups in total. The second kappa shape index (κ2) is 10.0. The van der Waals surface area contributed by atoms with Crippen LogP contribution in [0.2, 0.25) is 5.02 Å².